The van der Waals surface area contributed by atoms with Crippen LogP contribution in [-0.2, 0) is 4.79 Å². The summed E-state index contributed by atoms with van der Waals surface area (Å²) < 4.78 is 0. The summed E-state index contributed by atoms with van der Waals surface area (Å²) in [6.45, 7) is 6.33. The second-order valence-corrected chi connectivity index (χ2v) is 5.32. The minimum atomic E-state index is 0.118. The number of carbonyl (C=O) groups excluding carboxylic acids is 2. The van der Waals surface area contributed by atoms with Crippen molar-refractivity contribution in [1.82, 2.24) is 9.80 Å². The number of likely N-dealkylation sites (tertiary alicyclic amines) is 1. The van der Waals surface area contributed by atoms with Crippen LogP contribution in [0.3, 0.4) is 0 Å². The maximum Gasteiger partial charge on any atom is 0.320 e. The molecule has 0 spiro atoms. The van der Waals surface area contributed by atoms with E-state index in [1.54, 1.807) is 0 Å². The standard InChI is InChI=1S/C14H24N2O2/c1-3-15(4-2)14(18)16-10-6-8-12(16)11-7-5-9-13(11)17/h11-12H,3-10H2,1-2H3. The summed E-state index contributed by atoms with van der Waals surface area (Å²) in [6, 6.07) is 0.301. The Kier molecular flexibility index (Phi) is 4.25. The molecule has 0 aromatic rings. The van der Waals surface area contributed by atoms with Crippen molar-refractivity contribution in [3.05, 3.63) is 0 Å². The van der Waals surface area contributed by atoms with Crippen LogP contribution in [0.4, 0.5) is 4.79 Å². The maximum atomic E-state index is 12.4. The molecule has 1 saturated carbocycles. The molecule has 1 heterocycles. The molecule has 0 bridgehead atoms. The number of hydrogen-bond donors (Lipinski definition) is 0. The van der Waals surface area contributed by atoms with E-state index in [0.717, 1.165) is 45.3 Å². The lowest BCUT2D eigenvalue weighted by Crippen LogP contribution is -2.48. The lowest BCUT2D eigenvalue weighted by Gasteiger charge is -2.33. The normalized spacial score (nSPS) is 27.9. The number of hydrogen-bond acceptors (Lipinski definition) is 2. The Balaban J connectivity index is 2.07. The molecule has 102 valence electrons. The number of nitrogens with zero attached hydrogens (tertiary/aromatic N) is 2. The molecule has 18 heavy (non-hydrogen) atoms. The van der Waals surface area contributed by atoms with Crippen molar-refractivity contribution in [2.24, 2.45) is 5.92 Å². The molecular weight excluding hydrogens is 228 g/mol. The minimum absolute atomic E-state index is 0.118. The summed E-state index contributed by atoms with van der Waals surface area (Å²) in [5.41, 5.74) is 0. The van der Waals surface area contributed by atoms with Crippen molar-refractivity contribution in [2.45, 2.75) is 52.0 Å². The predicted octanol–water partition coefficient (Wildman–Crippen LogP) is 2.28. The van der Waals surface area contributed by atoms with Gasteiger partial charge in [0.2, 0.25) is 0 Å². The van der Waals surface area contributed by atoms with Gasteiger partial charge in [-0.15, -0.1) is 0 Å². The Morgan fingerprint density at radius 1 is 1.28 bits per heavy atom. The summed E-state index contributed by atoms with van der Waals surface area (Å²) in [5.74, 6) is 0.492. The topological polar surface area (TPSA) is 40.6 Å². The first-order valence-corrected chi connectivity index (χ1v) is 7.27. The van der Waals surface area contributed by atoms with Crippen molar-refractivity contribution >= 4 is 11.8 Å². The third-order valence-electron chi connectivity index (χ3n) is 4.40. The number of rotatable bonds is 3. The van der Waals surface area contributed by atoms with E-state index in [1.807, 2.05) is 23.6 Å². The average molecular weight is 252 g/mol. The van der Waals surface area contributed by atoms with E-state index in [1.165, 1.54) is 0 Å². The Labute approximate surface area is 109 Å². The molecule has 0 aromatic carbocycles. The SMILES string of the molecule is CCN(CC)C(=O)N1CCCC1C1CCCC1=O. The lowest BCUT2D eigenvalue weighted by atomic mass is 9.95. The summed E-state index contributed by atoms with van der Waals surface area (Å²) in [7, 11) is 0. The van der Waals surface area contributed by atoms with Gasteiger partial charge in [-0.05, 0) is 39.5 Å². The fourth-order valence-electron chi connectivity index (χ4n) is 3.37. The third kappa shape index (κ3) is 2.38. The van der Waals surface area contributed by atoms with Crippen LogP contribution in [0.2, 0.25) is 0 Å². The van der Waals surface area contributed by atoms with Gasteiger partial charge in [0, 0.05) is 38.0 Å². The number of ketones is 1. The zero-order valence-corrected chi connectivity index (χ0v) is 11.5. The molecule has 2 atom stereocenters. The van der Waals surface area contributed by atoms with E-state index in [9.17, 15) is 9.59 Å². The van der Waals surface area contributed by atoms with Gasteiger partial charge in [0.15, 0.2) is 0 Å². The van der Waals surface area contributed by atoms with Gasteiger partial charge in [-0.25, -0.2) is 4.79 Å². The van der Waals surface area contributed by atoms with Crippen LogP contribution in [0.15, 0.2) is 0 Å². The van der Waals surface area contributed by atoms with Crippen molar-refractivity contribution in [3.8, 4) is 0 Å². The van der Waals surface area contributed by atoms with Crippen molar-refractivity contribution in [2.75, 3.05) is 19.6 Å². The second-order valence-electron chi connectivity index (χ2n) is 5.32. The molecule has 2 fully saturated rings. The molecule has 2 aliphatic rings. The molecule has 4 heteroatoms. The first-order chi connectivity index (χ1) is 8.69. The largest absolute Gasteiger partial charge is 0.325 e. The van der Waals surface area contributed by atoms with Crippen LogP contribution in [0.1, 0.15) is 46.0 Å². The highest BCUT2D eigenvalue weighted by atomic mass is 16.2. The van der Waals surface area contributed by atoms with Crippen LogP contribution in [0.5, 0.6) is 0 Å². The van der Waals surface area contributed by atoms with Gasteiger partial charge >= 0.3 is 6.03 Å². The van der Waals surface area contributed by atoms with Gasteiger partial charge < -0.3 is 9.80 Å². The lowest BCUT2D eigenvalue weighted by molar-refractivity contribution is -0.121. The highest BCUT2D eigenvalue weighted by molar-refractivity contribution is 5.84. The van der Waals surface area contributed by atoms with Crippen LogP contribution in [0, 0.1) is 5.92 Å². The summed E-state index contributed by atoms with van der Waals surface area (Å²) >= 11 is 0. The molecule has 1 aliphatic carbocycles. The first kappa shape index (κ1) is 13.4. The average Bonchev–Trinajstić information content (AvgIpc) is 2.98. The molecule has 1 aliphatic heterocycles. The zero-order valence-electron chi connectivity index (χ0n) is 11.5. The highest BCUT2D eigenvalue weighted by Gasteiger charge is 2.40. The van der Waals surface area contributed by atoms with Gasteiger partial charge in [0.1, 0.15) is 5.78 Å². The number of amides is 2. The quantitative estimate of drug-likeness (QED) is 0.773. The van der Waals surface area contributed by atoms with Gasteiger partial charge in [-0.3, -0.25) is 4.79 Å². The predicted molar refractivity (Wildman–Crippen MR) is 70.4 cm³/mol. The Bertz CT molecular complexity index is 326. The van der Waals surface area contributed by atoms with E-state index in [2.05, 4.69) is 0 Å². The van der Waals surface area contributed by atoms with Gasteiger partial charge in [0.25, 0.3) is 0 Å². The highest BCUT2D eigenvalue weighted by Crippen LogP contribution is 2.33. The Morgan fingerprint density at radius 2 is 2.00 bits per heavy atom. The van der Waals surface area contributed by atoms with Gasteiger partial charge in [-0.1, -0.05) is 0 Å². The van der Waals surface area contributed by atoms with Gasteiger partial charge in [0.05, 0.1) is 0 Å². The molecule has 4 nitrogen and oxygen atoms in total. The van der Waals surface area contributed by atoms with E-state index >= 15 is 0 Å². The number of urea groups is 1. The monoisotopic (exact) mass is 252 g/mol. The van der Waals surface area contributed by atoms with Crippen molar-refractivity contribution in [3.63, 3.8) is 0 Å². The van der Waals surface area contributed by atoms with Crippen LogP contribution in [-0.4, -0.2) is 47.3 Å². The van der Waals surface area contributed by atoms with Crippen molar-refractivity contribution < 1.29 is 9.59 Å². The van der Waals surface area contributed by atoms with Gasteiger partial charge in [-0.2, -0.15) is 0 Å². The van der Waals surface area contributed by atoms with E-state index in [-0.39, 0.29) is 18.0 Å². The molecule has 2 amide bonds. The second kappa shape index (κ2) is 5.72. The van der Waals surface area contributed by atoms with Crippen LogP contribution in [0.25, 0.3) is 0 Å². The minimum Gasteiger partial charge on any atom is -0.325 e. The molecule has 0 radical (unpaired) electrons. The fraction of sp³-hybridized carbons (Fsp3) is 0.857. The van der Waals surface area contributed by atoms with E-state index in [0.29, 0.717) is 12.2 Å². The number of carbonyl (C=O) groups is 2. The molecule has 0 aromatic heterocycles. The summed E-state index contributed by atoms with van der Waals surface area (Å²) in [4.78, 5) is 28.1. The van der Waals surface area contributed by atoms with E-state index < -0.39 is 0 Å². The Hall–Kier alpha value is -1.06. The van der Waals surface area contributed by atoms with E-state index in [4.69, 9.17) is 0 Å². The number of Topliss-reactive ketones (excluding diaryl/α,β-unsaturated/α-hetero) is 1. The smallest absolute Gasteiger partial charge is 0.320 e. The van der Waals surface area contributed by atoms with Crippen molar-refractivity contribution in [1.29, 1.82) is 0 Å². The first-order valence-electron chi connectivity index (χ1n) is 7.27. The van der Waals surface area contributed by atoms with Crippen LogP contribution >= 0.6 is 0 Å². The zero-order chi connectivity index (χ0) is 13.1. The summed E-state index contributed by atoms with van der Waals surface area (Å²) in [5, 5.41) is 0. The Morgan fingerprint density at radius 3 is 2.56 bits per heavy atom. The third-order valence-corrected chi connectivity index (χ3v) is 4.40. The molecule has 2 unspecified atom stereocenters. The molecule has 2 rings (SSSR count). The molecular formula is C14H24N2O2. The summed E-state index contributed by atoms with van der Waals surface area (Å²) in [6.07, 6.45) is 4.75. The molecule has 0 N–H and O–H groups in total. The van der Waals surface area contributed by atoms with Crippen LogP contribution < -0.4 is 0 Å². The molecule has 1 saturated heterocycles. The maximum absolute atomic E-state index is 12.4. The fourth-order valence-corrected chi connectivity index (χ4v) is 3.37.